The Labute approximate surface area is 92.2 Å². The molecule has 0 aliphatic rings. The lowest BCUT2D eigenvalue weighted by Gasteiger charge is -2.05. The normalized spacial score (nSPS) is 12.5. The minimum Gasteiger partial charge on any atom is -0.481 e. The quantitative estimate of drug-likeness (QED) is 0.535. The van der Waals surface area contributed by atoms with Crippen molar-refractivity contribution in [2.45, 2.75) is 25.7 Å². The first-order valence-corrected chi connectivity index (χ1v) is 4.75. The van der Waals surface area contributed by atoms with Gasteiger partial charge in [0.15, 0.2) is 0 Å². The van der Waals surface area contributed by atoms with Crippen molar-refractivity contribution in [1.29, 1.82) is 0 Å². The van der Waals surface area contributed by atoms with E-state index in [2.05, 4.69) is 0 Å². The van der Waals surface area contributed by atoms with Crippen molar-refractivity contribution < 1.29 is 29.7 Å². The Balaban J connectivity index is 3.97. The first kappa shape index (κ1) is 14.2. The molecule has 0 amide bonds. The molecule has 0 radical (unpaired) electrons. The summed E-state index contributed by atoms with van der Waals surface area (Å²) in [7, 11) is 0. The Morgan fingerprint density at radius 3 is 2.06 bits per heavy atom. The summed E-state index contributed by atoms with van der Waals surface area (Å²) in [5.74, 6) is -4.21. The van der Waals surface area contributed by atoms with Crippen LogP contribution in [0.1, 0.15) is 25.7 Å². The number of carboxylic acid groups (broad SMARTS) is 3. The van der Waals surface area contributed by atoms with Gasteiger partial charge in [-0.15, -0.1) is 0 Å². The molecular weight excluding hydrogens is 216 g/mol. The van der Waals surface area contributed by atoms with Crippen molar-refractivity contribution in [3.8, 4) is 0 Å². The highest BCUT2D eigenvalue weighted by molar-refractivity contribution is 5.77. The van der Waals surface area contributed by atoms with E-state index in [-0.39, 0.29) is 12.8 Å². The number of hydrogen-bond acceptors (Lipinski definition) is 3. The highest BCUT2D eigenvalue weighted by Gasteiger charge is 2.19. The van der Waals surface area contributed by atoms with Gasteiger partial charge in [-0.05, 0) is 12.8 Å². The number of rotatable bonds is 8. The largest absolute Gasteiger partial charge is 0.481 e. The van der Waals surface area contributed by atoms with Crippen molar-refractivity contribution in [3.05, 3.63) is 12.2 Å². The Morgan fingerprint density at radius 1 is 1.00 bits per heavy atom. The van der Waals surface area contributed by atoms with E-state index in [1.54, 1.807) is 6.08 Å². The van der Waals surface area contributed by atoms with Crippen LogP contribution in [0.25, 0.3) is 0 Å². The molecule has 1 unspecified atom stereocenters. The van der Waals surface area contributed by atoms with Gasteiger partial charge in [-0.2, -0.15) is 0 Å². The highest BCUT2D eigenvalue weighted by Crippen LogP contribution is 2.10. The number of aliphatic carboxylic acids is 3. The minimum absolute atomic E-state index is 0.0207. The molecule has 90 valence electrons. The van der Waals surface area contributed by atoms with E-state index in [1.807, 2.05) is 0 Å². The summed E-state index contributed by atoms with van der Waals surface area (Å²) >= 11 is 0. The van der Waals surface area contributed by atoms with Crippen molar-refractivity contribution in [1.82, 2.24) is 0 Å². The number of carboxylic acids is 3. The van der Waals surface area contributed by atoms with E-state index in [9.17, 15) is 14.4 Å². The fourth-order valence-corrected chi connectivity index (χ4v) is 1.07. The van der Waals surface area contributed by atoms with Crippen molar-refractivity contribution >= 4 is 17.9 Å². The molecule has 0 aromatic rings. The first-order valence-electron chi connectivity index (χ1n) is 4.75. The van der Waals surface area contributed by atoms with Crippen LogP contribution in [-0.2, 0) is 14.4 Å². The van der Waals surface area contributed by atoms with E-state index >= 15 is 0 Å². The van der Waals surface area contributed by atoms with Crippen LogP contribution in [0.3, 0.4) is 0 Å². The summed E-state index contributed by atoms with van der Waals surface area (Å²) in [5, 5.41) is 25.4. The van der Waals surface area contributed by atoms with Crippen LogP contribution in [0, 0.1) is 5.92 Å². The van der Waals surface area contributed by atoms with Crippen LogP contribution in [0.5, 0.6) is 0 Å². The predicted molar refractivity (Wildman–Crippen MR) is 54.0 cm³/mol. The van der Waals surface area contributed by atoms with Gasteiger partial charge < -0.3 is 15.3 Å². The summed E-state index contributed by atoms with van der Waals surface area (Å²) in [6.07, 6.45) is 3.01. The second-order valence-corrected chi connectivity index (χ2v) is 3.27. The standard InChI is InChI=1S/C10H14O6/c11-8(12)5-3-1-2-4-7(10(15)16)6-9(13)14/h1-2,7H,3-6H2,(H,11,12)(H,13,14)(H,15,16)/b2-1-. The van der Waals surface area contributed by atoms with Gasteiger partial charge >= 0.3 is 17.9 Å². The van der Waals surface area contributed by atoms with E-state index < -0.39 is 30.2 Å². The van der Waals surface area contributed by atoms with Crippen LogP contribution in [0.4, 0.5) is 0 Å². The molecule has 0 aromatic heterocycles. The second kappa shape index (κ2) is 7.44. The van der Waals surface area contributed by atoms with Gasteiger partial charge in [0.1, 0.15) is 0 Å². The maximum absolute atomic E-state index is 10.6. The molecule has 0 aromatic carbocycles. The zero-order valence-electron chi connectivity index (χ0n) is 8.63. The van der Waals surface area contributed by atoms with Crippen molar-refractivity contribution in [2.24, 2.45) is 5.92 Å². The molecule has 0 saturated carbocycles. The van der Waals surface area contributed by atoms with Crippen LogP contribution in [-0.4, -0.2) is 33.2 Å². The van der Waals surface area contributed by atoms with E-state index in [0.29, 0.717) is 6.42 Å². The second-order valence-electron chi connectivity index (χ2n) is 3.27. The van der Waals surface area contributed by atoms with E-state index in [0.717, 1.165) is 0 Å². The average Bonchev–Trinajstić information content (AvgIpc) is 2.14. The Kier molecular flexibility index (Phi) is 6.58. The minimum atomic E-state index is -1.16. The molecule has 0 bridgehead atoms. The molecule has 0 aliphatic carbocycles. The molecule has 6 nitrogen and oxygen atoms in total. The fraction of sp³-hybridized carbons (Fsp3) is 0.500. The maximum Gasteiger partial charge on any atom is 0.307 e. The smallest absolute Gasteiger partial charge is 0.307 e. The third-order valence-corrected chi connectivity index (χ3v) is 1.88. The van der Waals surface area contributed by atoms with Gasteiger partial charge in [-0.1, -0.05) is 12.2 Å². The molecule has 16 heavy (non-hydrogen) atoms. The number of hydrogen-bond donors (Lipinski definition) is 3. The maximum atomic E-state index is 10.6. The van der Waals surface area contributed by atoms with Gasteiger partial charge in [0.2, 0.25) is 0 Å². The fourth-order valence-electron chi connectivity index (χ4n) is 1.07. The summed E-state index contributed by atoms with van der Waals surface area (Å²) in [4.78, 5) is 31.1. The van der Waals surface area contributed by atoms with Crippen LogP contribution >= 0.6 is 0 Å². The molecule has 0 aliphatic heterocycles. The molecule has 0 saturated heterocycles. The summed E-state index contributed by atoms with van der Waals surface area (Å²) in [5.41, 5.74) is 0. The highest BCUT2D eigenvalue weighted by atomic mass is 16.4. The van der Waals surface area contributed by atoms with Crippen molar-refractivity contribution in [3.63, 3.8) is 0 Å². The SMILES string of the molecule is O=C(O)CC/C=C\CC(CC(=O)O)C(=O)O. The lowest BCUT2D eigenvalue weighted by molar-refractivity contribution is -0.148. The summed E-state index contributed by atoms with van der Waals surface area (Å²) < 4.78 is 0. The summed E-state index contributed by atoms with van der Waals surface area (Å²) in [6.45, 7) is 0. The van der Waals surface area contributed by atoms with Crippen LogP contribution < -0.4 is 0 Å². The zero-order valence-corrected chi connectivity index (χ0v) is 8.63. The average molecular weight is 230 g/mol. The molecule has 0 fully saturated rings. The molecule has 1 atom stereocenters. The Bertz CT molecular complexity index is 294. The lowest BCUT2D eigenvalue weighted by Crippen LogP contribution is -2.16. The lowest BCUT2D eigenvalue weighted by atomic mass is 10.0. The summed E-state index contributed by atoms with van der Waals surface area (Å²) in [6, 6.07) is 0. The molecule has 0 heterocycles. The van der Waals surface area contributed by atoms with Gasteiger partial charge in [0, 0.05) is 6.42 Å². The third-order valence-electron chi connectivity index (χ3n) is 1.88. The number of allylic oxidation sites excluding steroid dienone is 2. The molecular formula is C10H14O6. The van der Waals surface area contributed by atoms with E-state index in [1.165, 1.54) is 6.08 Å². The number of carbonyl (C=O) groups is 3. The first-order chi connectivity index (χ1) is 7.43. The van der Waals surface area contributed by atoms with Gasteiger partial charge in [0.25, 0.3) is 0 Å². The molecule has 0 spiro atoms. The van der Waals surface area contributed by atoms with Gasteiger partial charge in [-0.25, -0.2) is 0 Å². The van der Waals surface area contributed by atoms with Crippen LogP contribution in [0.15, 0.2) is 12.2 Å². The molecule has 3 N–H and O–H groups in total. The van der Waals surface area contributed by atoms with E-state index in [4.69, 9.17) is 15.3 Å². The monoisotopic (exact) mass is 230 g/mol. The van der Waals surface area contributed by atoms with Gasteiger partial charge in [0.05, 0.1) is 12.3 Å². The third kappa shape index (κ3) is 7.54. The molecule has 0 rings (SSSR count). The van der Waals surface area contributed by atoms with Crippen LogP contribution in [0.2, 0.25) is 0 Å². The predicted octanol–water partition coefficient (Wildman–Crippen LogP) is 0.973. The van der Waals surface area contributed by atoms with Gasteiger partial charge in [-0.3, -0.25) is 14.4 Å². The molecule has 6 heteroatoms. The van der Waals surface area contributed by atoms with Crippen molar-refractivity contribution in [2.75, 3.05) is 0 Å². The Morgan fingerprint density at radius 2 is 1.62 bits per heavy atom. The Hall–Kier alpha value is -1.85. The topological polar surface area (TPSA) is 112 Å². The zero-order chi connectivity index (χ0) is 12.6.